The number of carbonyl (C=O) groups is 2. The molecule has 1 fully saturated rings. The summed E-state index contributed by atoms with van der Waals surface area (Å²) in [6.45, 7) is 4.11. The van der Waals surface area contributed by atoms with Crippen molar-refractivity contribution < 1.29 is 9.59 Å². The van der Waals surface area contributed by atoms with Gasteiger partial charge in [0, 0.05) is 5.69 Å². The Morgan fingerprint density at radius 3 is 2.04 bits per heavy atom. The minimum atomic E-state index is -1.01. The summed E-state index contributed by atoms with van der Waals surface area (Å²) in [5, 5.41) is 6.30. The first-order valence-electron chi connectivity index (χ1n) is 9.00. The molecule has 1 aliphatic carbocycles. The monoisotopic (exact) mass is 370 g/mol. The van der Waals surface area contributed by atoms with Crippen LogP contribution in [0.15, 0.2) is 42.5 Å². The molecule has 0 radical (unpaired) electrons. The molecule has 0 aromatic heterocycles. The Hall–Kier alpha value is -2.33. The number of para-hydroxylation sites is 2. The van der Waals surface area contributed by atoms with Crippen LogP contribution in [0.1, 0.15) is 37.8 Å². The Morgan fingerprint density at radius 2 is 1.50 bits per heavy atom. The molecule has 5 heteroatoms. The third kappa shape index (κ3) is 3.47. The zero-order chi connectivity index (χ0) is 18.7. The van der Waals surface area contributed by atoms with Crippen LogP contribution in [0.5, 0.6) is 0 Å². The number of benzene rings is 2. The summed E-state index contributed by atoms with van der Waals surface area (Å²) >= 11 is 6.11. The van der Waals surface area contributed by atoms with Gasteiger partial charge in [-0.3, -0.25) is 9.59 Å². The van der Waals surface area contributed by atoms with Crippen molar-refractivity contribution in [3.8, 4) is 0 Å². The zero-order valence-corrected chi connectivity index (χ0v) is 15.8. The SMILES string of the molecule is CCc1cccc(CC)c1NC(=O)C1(C(=O)Nc2ccccc2Cl)CC1. The van der Waals surface area contributed by atoms with Crippen LogP contribution in [0.2, 0.25) is 5.02 Å². The fourth-order valence-electron chi connectivity index (χ4n) is 3.12. The predicted molar refractivity (Wildman–Crippen MR) is 106 cm³/mol. The summed E-state index contributed by atoms with van der Waals surface area (Å²) in [7, 11) is 0. The van der Waals surface area contributed by atoms with Gasteiger partial charge in [0.25, 0.3) is 0 Å². The highest BCUT2D eigenvalue weighted by molar-refractivity contribution is 6.34. The molecule has 0 heterocycles. The van der Waals surface area contributed by atoms with Gasteiger partial charge in [-0.05, 0) is 48.9 Å². The number of amides is 2. The molecule has 2 N–H and O–H groups in total. The van der Waals surface area contributed by atoms with E-state index in [4.69, 9.17) is 11.6 Å². The topological polar surface area (TPSA) is 58.2 Å². The van der Waals surface area contributed by atoms with E-state index in [0.29, 0.717) is 23.6 Å². The number of halogens is 1. The van der Waals surface area contributed by atoms with E-state index in [1.54, 1.807) is 24.3 Å². The number of carbonyl (C=O) groups excluding carboxylic acids is 2. The molecule has 0 atom stereocenters. The molecule has 4 nitrogen and oxygen atoms in total. The maximum atomic E-state index is 12.9. The fraction of sp³-hybridized carbons (Fsp3) is 0.333. The summed E-state index contributed by atoms with van der Waals surface area (Å²) < 4.78 is 0. The Morgan fingerprint density at radius 1 is 0.923 bits per heavy atom. The van der Waals surface area contributed by atoms with Gasteiger partial charge in [0.05, 0.1) is 10.7 Å². The molecule has 136 valence electrons. The fourth-order valence-corrected chi connectivity index (χ4v) is 3.31. The Kier molecular flexibility index (Phi) is 5.33. The molecule has 0 unspecified atom stereocenters. The molecule has 0 spiro atoms. The van der Waals surface area contributed by atoms with E-state index in [1.807, 2.05) is 18.2 Å². The molecule has 0 saturated heterocycles. The van der Waals surface area contributed by atoms with Gasteiger partial charge in [-0.25, -0.2) is 0 Å². The van der Waals surface area contributed by atoms with E-state index in [9.17, 15) is 9.59 Å². The molecule has 2 aromatic carbocycles. The van der Waals surface area contributed by atoms with Gasteiger partial charge >= 0.3 is 0 Å². The summed E-state index contributed by atoms with van der Waals surface area (Å²) in [6.07, 6.45) is 2.74. The minimum absolute atomic E-state index is 0.238. The van der Waals surface area contributed by atoms with Gasteiger partial charge in [-0.1, -0.05) is 55.8 Å². The first-order valence-corrected chi connectivity index (χ1v) is 9.37. The van der Waals surface area contributed by atoms with Crippen molar-refractivity contribution in [3.63, 3.8) is 0 Å². The molecular formula is C21H23ClN2O2. The molecular weight excluding hydrogens is 348 g/mol. The van der Waals surface area contributed by atoms with Crippen LogP contribution < -0.4 is 10.6 Å². The van der Waals surface area contributed by atoms with Crippen molar-refractivity contribution in [2.24, 2.45) is 5.41 Å². The minimum Gasteiger partial charge on any atom is -0.325 e. The Labute approximate surface area is 158 Å². The lowest BCUT2D eigenvalue weighted by molar-refractivity contribution is -0.131. The van der Waals surface area contributed by atoms with E-state index in [2.05, 4.69) is 24.5 Å². The van der Waals surface area contributed by atoms with Crippen molar-refractivity contribution >= 4 is 34.8 Å². The maximum Gasteiger partial charge on any atom is 0.240 e. The molecule has 1 aliphatic rings. The average molecular weight is 371 g/mol. The van der Waals surface area contributed by atoms with E-state index in [1.165, 1.54) is 0 Å². The lowest BCUT2D eigenvalue weighted by atomic mass is 10.0. The van der Waals surface area contributed by atoms with Gasteiger partial charge in [-0.2, -0.15) is 0 Å². The average Bonchev–Trinajstić information content (AvgIpc) is 3.46. The maximum absolute atomic E-state index is 12.9. The zero-order valence-electron chi connectivity index (χ0n) is 15.1. The van der Waals surface area contributed by atoms with E-state index >= 15 is 0 Å². The van der Waals surface area contributed by atoms with Crippen molar-refractivity contribution in [2.75, 3.05) is 10.6 Å². The summed E-state index contributed by atoms with van der Waals surface area (Å²) in [6, 6.07) is 13.1. The molecule has 3 rings (SSSR count). The lowest BCUT2D eigenvalue weighted by Gasteiger charge is -2.19. The summed E-state index contributed by atoms with van der Waals surface area (Å²) in [5.74, 6) is -0.534. The van der Waals surface area contributed by atoms with E-state index in [0.717, 1.165) is 29.7 Å². The van der Waals surface area contributed by atoms with Crippen LogP contribution >= 0.6 is 11.6 Å². The van der Waals surface area contributed by atoms with Gasteiger partial charge in [0.1, 0.15) is 5.41 Å². The second-order valence-electron chi connectivity index (χ2n) is 6.63. The predicted octanol–water partition coefficient (Wildman–Crippen LogP) is 4.82. The number of rotatable bonds is 6. The lowest BCUT2D eigenvalue weighted by Crippen LogP contribution is -2.36. The Bertz CT molecular complexity index is 821. The number of anilines is 2. The second kappa shape index (κ2) is 7.50. The molecule has 0 aliphatic heterocycles. The third-order valence-corrected chi connectivity index (χ3v) is 5.31. The smallest absolute Gasteiger partial charge is 0.240 e. The number of aryl methyl sites for hydroxylation is 2. The van der Waals surface area contributed by atoms with Crippen LogP contribution in [0.25, 0.3) is 0 Å². The van der Waals surface area contributed by atoms with E-state index < -0.39 is 5.41 Å². The van der Waals surface area contributed by atoms with E-state index in [-0.39, 0.29) is 11.8 Å². The van der Waals surface area contributed by atoms with Gasteiger partial charge in [0.2, 0.25) is 11.8 Å². The number of hydrogen-bond donors (Lipinski definition) is 2. The van der Waals surface area contributed by atoms with Gasteiger partial charge in [0.15, 0.2) is 0 Å². The standard InChI is InChI=1S/C21H23ClN2O2/c1-3-14-8-7-9-15(4-2)18(14)24-20(26)21(12-13-21)19(25)23-17-11-6-5-10-16(17)22/h5-11H,3-4,12-13H2,1-2H3,(H,23,25)(H,24,26). The molecule has 2 amide bonds. The van der Waals surface area contributed by atoms with Crippen molar-refractivity contribution in [3.05, 3.63) is 58.6 Å². The van der Waals surface area contributed by atoms with Crippen LogP contribution in [-0.4, -0.2) is 11.8 Å². The van der Waals surface area contributed by atoms with Gasteiger partial charge in [-0.15, -0.1) is 0 Å². The molecule has 0 bridgehead atoms. The molecule has 1 saturated carbocycles. The summed E-state index contributed by atoms with van der Waals surface area (Å²) in [5.41, 5.74) is 2.53. The largest absolute Gasteiger partial charge is 0.325 e. The van der Waals surface area contributed by atoms with Crippen molar-refractivity contribution in [2.45, 2.75) is 39.5 Å². The second-order valence-corrected chi connectivity index (χ2v) is 7.04. The van der Waals surface area contributed by atoms with Crippen molar-refractivity contribution in [1.29, 1.82) is 0 Å². The first kappa shape index (κ1) is 18.5. The van der Waals surface area contributed by atoms with Gasteiger partial charge < -0.3 is 10.6 Å². The van der Waals surface area contributed by atoms with Crippen LogP contribution in [0, 0.1) is 5.41 Å². The van der Waals surface area contributed by atoms with Crippen molar-refractivity contribution in [1.82, 2.24) is 0 Å². The first-order chi connectivity index (χ1) is 12.5. The van der Waals surface area contributed by atoms with Crippen LogP contribution in [-0.2, 0) is 22.4 Å². The summed E-state index contributed by atoms with van der Waals surface area (Å²) in [4.78, 5) is 25.7. The normalized spacial score (nSPS) is 14.6. The highest BCUT2D eigenvalue weighted by Gasteiger charge is 2.56. The highest BCUT2D eigenvalue weighted by Crippen LogP contribution is 2.48. The van der Waals surface area contributed by atoms with Crippen LogP contribution in [0.3, 0.4) is 0 Å². The molecule has 26 heavy (non-hydrogen) atoms. The van der Waals surface area contributed by atoms with Crippen LogP contribution in [0.4, 0.5) is 11.4 Å². The highest BCUT2D eigenvalue weighted by atomic mass is 35.5. The third-order valence-electron chi connectivity index (χ3n) is 4.98. The number of hydrogen-bond acceptors (Lipinski definition) is 2. The number of nitrogens with one attached hydrogen (secondary N) is 2. The quantitative estimate of drug-likeness (QED) is 0.716. The Balaban J connectivity index is 1.80. The molecule has 2 aromatic rings.